The fourth-order valence-electron chi connectivity index (χ4n) is 2.42. The zero-order valence-corrected chi connectivity index (χ0v) is 14.4. The van der Waals surface area contributed by atoms with Gasteiger partial charge in [-0.25, -0.2) is 0 Å². The van der Waals surface area contributed by atoms with Crippen molar-refractivity contribution < 1.29 is 14.3 Å². The predicted molar refractivity (Wildman–Crippen MR) is 100 cm³/mol. The molecule has 0 bridgehead atoms. The Bertz CT molecular complexity index is 908. The molecule has 1 heterocycles. The highest BCUT2D eigenvalue weighted by Crippen LogP contribution is 2.33. The Morgan fingerprint density at radius 2 is 1.88 bits per heavy atom. The molecule has 8 heteroatoms. The minimum atomic E-state index is -0.377. The first-order chi connectivity index (χ1) is 12.6. The molecule has 1 amide bonds. The number of nitrogens with zero attached hydrogens (tertiary/aromatic N) is 1. The van der Waals surface area contributed by atoms with E-state index in [0.717, 1.165) is 0 Å². The zero-order valence-electron chi connectivity index (χ0n) is 14.4. The first kappa shape index (κ1) is 17.2. The number of nitrogens with one attached hydrogen (secondary N) is 3. The molecule has 26 heavy (non-hydrogen) atoms. The summed E-state index contributed by atoms with van der Waals surface area (Å²) in [4.78, 5) is 12.6. The molecule has 0 atom stereocenters. The first-order valence-corrected chi connectivity index (χ1v) is 7.81. The van der Waals surface area contributed by atoms with Crippen molar-refractivity contribution in [1.82, 2.24) is 10.2 Å². The van der Waals surface area contributed by atoms with Crippen LogP contribution in [0.2, 0.25) is 0 Å². The summed E-state index contributed by atoms with van der Waals surface area (Å²) in [6, 6.07) is 14.4. The number of carbonyl (C=O) groups excluding carboxylic acids is 1. The quantitative estimate of drug-likeness (QED) is 0.542. The molecule has 3 aromatic rings. The van der Waals surface area contributed by atoms with Crippen LogP contribution in [-0.4, -0.2) is 30.3 Å². The smallest absolute Gasteiger partial charge is 0.263 e. The zero-order chi connectivity index (χ0) is 18.5. The van der Waals surface area contributed by atoms with Crippen molar-refractivity contribution in [2.24, 2.45) is 0 Å². The van der Waals surface area contributed by atoms with Crippen LogP contribution in [0, 0.1) is 0 Å². The van der Waals surface area contributed by atoms with Crippen LogP contribution in [0.5, 0.6) is 11.5 Å². The second kappa shape index (κ2) is 7.47. The number of aromatic amines is 1. The van der Waals surface area contributed by atoms with Gasteiger partial charge in [0.15, 0.2) is 5.82 Å². The maximum atomic E-state index is 12.6. The van der Waals surface area contributed by atoms with Crippen LogP contribution in [0.3, 0.4) is 0 Å². The highest BCUT2D eigenvalue weighted by Gasteiger charge is 2.20. The largest absolute Gasteiger partial charge is 0.497 e. The van der Waals surface area contributed by atoms with Crippen LogP contribution in [0.1, 0.15) is 10.4 Å². The molecule has 0 aliphatic heterocycles. The number of nitrogens with two attached hydrogens (primary N) is 1. The van der Waals surface area contributed by atoms with E-state index < -0.39 is 0 Å². The molecule has 0 saturated heterocycles. The lowest BCUT2D eigenvalue weighted by Gasteiger charge is -2.12. The molecule has 1 aromatic heterocycles. The second-order valence-corrected chi connectivity index (χ2v) is 5.37. The van der Waals surface area contributed by atoms with E-state index in [0.29, 0.717) is 28.7 Å². The van der Waals surface area contributed by atoms with E-state index in [1.807, 2.05) is 18.2 Å². The third-order valence-electron chi connectivity index (χ3n) is 3.71. The van der Waals surface area contributed by atoms with Crippen molar-refractivity contribution in [2.45, 2.75) is 0 Å². The molecule has 0 aliphatic rings. The van der Waals surface area contributed by atoms with Gasteiger partial charge in [-0.15, -0.1) is 0 Å². The van der Waals surface area contributed by atoms with E-state index in [4.69, 9.17) is 15.2 Å². The number of hydrogen-bond acceptors (Lipinski definition) is 6. The van der Waals surface area contributed by atoms with Gasteiger partial charge in [-0.1, -0.05) is 18.2 Å². The van der Waals surface area contributed by atoms with Gasteiger partial charge in [0.25, 0.3) is 5.91 Å². The summed E-state index contributed by atoms with van der Waals surface area (Å²) in [6.45, 7) is 0. The van der Waals surface area contributed by atoms with Gasteiger partial charge in [-0.3, -0.25) is 9.89 Å². The lowest BCUT2D eigenvalue weighted by molar-refractivity contribution is 0.102. The van der Waals surface area contributed by atoms with Crippen LogP contribution < -0.4 is 25.8 Å². The molecule has 0 fully saturated rings. The van der Waals surface area contributed by atoms with Gasteiger partial charge in [0.2, 0.25) is 0 Å². The number of carbonyl (C=O) groups is 1. The van der Waals surface area contributed by atoms with E-state index in [2.05, 4.69) is 20.8 Å². The fourth-order valence-corrected chi connectivity index (χ4v) is 2.42. The maximum absolute atomic E-state index is 12.6. The van der Waals surface area contributed by atoms with Crippen molar-refractivity contribution in [3.8, 4) is 11.5 Å². The van der Waals surface area contributed by atoms with E-state index in [1.165, 1.54) is 0 Å². The van der Waals surface area contributed by atoms with Crippen LogP contribution in [-0.2, 0) is 0 Å². The van der Waals surface area contributed by atoms with Crippen molar-refractivity contribution in [3.05, 3.63) is 54.1 Å². The summed E-state index contributed by atoms with van der Waals surface area (Å²) >= 11 is 0. The summed E-state index contributed by atoms with van der Waals surface area (Å²) in [5.41, 5.74) is 7.39. The Balaban J connectivity index is 1.87. The number of rotatable bonds is 6. The number of H-pyrrole nitrogens is 1. The van der Waals surface area contributed by atoms with Crippen molar-refractivity contribution >= 4 is 28.9 Å². The first-order valence-electron chi connectivity index (χ1n) is 7.81. The maximum Gasteiger partial charge on any atom is 0.263 e. The number of benzene rings is 2. The highest BCUT2D eigenvalue weighted by molar-refractivity contribution is 6.11. The minimum Gasteiger partial charge on any atom is -0.497 e. The Kier molecular flexibility index (Phi) is 4.93. The molecule has 5 N–H and O–H groups in total. The molecular formula is C18H19N5O3. The molecule has 134 valence electrons. The lowest BCUT2D eigenvalue weighted by atomic mass is 10.2. The Hall–Kier alpha value is -3.68. The summed E-state index contributed by atoms with van der Waals surface area (Å²) in [7, 11) is 3.12. The highest BCUT2D eigenvalue weighted by atomic mass is 16.5. The van der Waals surface area contributed by atoms with Crippen LogP contribution in [0.25, 0.3) is 0 Å². The number of hydrogen-bond donors (Lipinski definition) is 4. The SMILES string of the molecule is COc1ccc(Nc2n[nH]c(N)c2C(=O)Nc2ccccc2)c(OC)c1. The third kappa shape index (κ3) is 3.54. The molecule has 3 rings (SSSR count). The van der Waals surface area contributed by atoms with Gasteiger partial charge >= 0.3 is 0 Å². The third-order valence-corrected chi connectivity index (χ3v) is 3.71. The summed E-state index contributed by atoms with van der Waals surface area (Å²) < 4.78 is 10.5. The number of aromatic nitrogens is 2. The molecule has 0 aliphatic carbocycles. The summed E-state index contributed by atoms with van der Waals surface area (Å²) in [6.07, 6.45) is 0. The van der Waals surface area contributed by atoms with E-state index in [1.54, 1.807) is 44.6 Å². The van der Waals surface area contributed by atoms with Gasteiger partial charge in [-0.05, 0) is 24.3 Å². The van der Waals surface area contributed by atoms with Crippen molar-refractivity contribution in [3.63, 3.8) is 0 Å². The molecular weight excluding hydrogens is 334 g/mol. The summed E-state index contributed by atoms with van der Waals surface area (Å²) in [5.74, 6) is 1.27. The van der Waals surface area contributed by atoms with Crippen molar-refractivity contribution in [1.29, 1.82) is 0 Å². The van der Waals surface area contributed by atoms with Gasteiger partial charge in [0, 0.05) is 11.8 Å². The average Bonchev–Trinajstić information content (AvgIpc) is 3.03. The molecule has 0 spiro atoms. The van der Waals surface area contributed by atoms with Crippen molar-refractivity contribution in [2.75, 3.05) is 30.6 Å². The molecule has 0 unspecified atom stereocenters. The van der Waals surface area contributed by atoms with Crippen LogP contribution >= 0.6 is 0 Å². The Morgan fingerprint density at radius 1 is 1.12 bits per heavy atom. The lowest BCUT2D eigenvalue weighted by Crippen LogP contribution is -2.14. The normalized spacial score (nSPS) is 10.2. The average molecular weight is 353 g/mol. The molecule has 2 aromatic carbocycles. The van der Waals surface area contributed by atoms with E-state index >= 15 is 0 Å². The van der Waals surface area contributed by atoms with Gasteiger partial charge in [0.1, 0.15) is 22.9 Å². The van der Waals surface area contributed by atoms with Crippen LogP contribution in [0.15, 0.2) is 48.5 Å². The number of anilines is 4. The number of nitrogen functional groups attached to an aromatic ring is 1. The fraction of sp³-hybridized carbons (Fsp3) is 0.111. The monoisotopic (exact) mass is 353 g/mol. The van der Waals surface area contributed by atoms with E-state index in [-0.39, 0.29) is 17.3 Å². The summed E-state index contributed by atoms with van der Waals surface area (Å²) in [5, 5.41) is 12.6. The molecule has 8 nitrogen and oxygen atoms in total. The van der Waals surface area contributed by atoms with E-state index in [9.17, 15) is 4.79 Å². The number of para-hydroxylation sites is 1. The second-order valence-electron chi connectivity index (χ2n) is 5.37. The molecule has 0 saturated carbocycles. The predicted octanol–water partition coefficient (Wildman–Crippen LogP) is 3.01. The van der Waals surface area contributed by atoms with Gasteiger partial charge in [-0.2, -0.15) is 5.10 Å². The topological polar surface area (TPSA) is 114 Å². The van der Waals surface area contributed by atoms with Gasteiger partial charge in [0.05, 0.1) is 19.9 Å². The standard InChI is InChI=1S/C18H19N5O3/c1-25-12-8-9-13(14(10-12)26-2)21-17-15(16(19)22-23-17)18(24)20-11-6-4-3-5-7-11/h3-10H,1-2H3,(H,20,24)(H4,19,21,22,23). The Labute approximate surface area is 150 Å². The number of methoxy groups -OCH3 is 2. The van der Waals surface area contributed by atoms with Gasteiger partial charge < -0.3 is 25.8 Å². The molecule has 0 radical (unpaired) electrons. The number of ether oxygens (including phenoxy) is 2. The Morgan fingerprint density at radius 3 is 2.58 bits per heavy atom. The van der Waals surface area contributed by atoms with Crippen LogP contribution in [0.4, 0.5) is 23.0 Å². The number of amides is 1. The minimum absolute atomic E-state index is 0.161.